The third kappa shape index (κ3) is 1.96. The molecule has 3 fully saturated rings. The molecule has 0 saturated carbocycles. The fourth-order valence-corrected chi connectivity index (χ4v) is 2.28. The minimum Gasteiger partial charge on any atom is -0.365 e. The number of rotatable bonds is 3. The zero-order chi connectivity index (χ0) is 11.6. The van der Waals surface area contributed by atoms with Crippen LogP contribution in [0.4, 0.5) is 0 Å². The van der Waals surface area contributed by atoms with E-state index in [2.05, 4.69) is 0 Å². The monoisotopic (exact) mass is 370 g/mol. The van der Waals surface area contributed by atoms with Crippen molar-refractivity contribution in [3.63, 3.8) is 0 Å². The fraction of sp³-hybridized carbons (Fsp3) is 0.500. The van der Waals surface area contributed by atoms with Gasteiger partial charge in [-0.25, -0.2) is 0 Å². The molecular formula is C12H13LaN3O2. The van der Waals surface area contributed by atoms with Crippen LogP contribution in [0.2, 0.25) is 0 Å². The molecule has 0 spiro atoms. The largest absolute Gasteiger partial charge is 0.365 e. The van der Waals surface area contributed by atoms with Crippen molar-refractivity contribution < 1.29 is 45.2 Å². The van der Waals surface area contributed by atoms with Crippen LogP contribution < -0.4 is 0 Å². The molecule has 0 amide bonds. The zero-order valence-corrected chi connectivity index (χ0v) is 13.7. The minimum atomic E-state index is 0. The Labute approximate surface area is 133 Å². The molecule has 1 radical (unpaired) electrons. The van der Waals surface area contributed by atoms with E-state index >= 15 is 0 Å². The van der Waals surface area contributed by atoms with Crippen molar-refractivity contribution >= 4 is 11.6 Å². The SMILES string of the molecule is O=C1C=C(N2CC2)C(=O)C(N2CC2)=C1N1CC1.[La]. The smallest absolute Gasteiger partial charge is 0.227 e. The Morgan fingerprint density at radius 3 is 1.78 bits per heavy atom. The molecular weight excluding hydrogens is 357 g/mol. The maximum atomic E-state index is 12.4. The van der Waals surface area contributed by atoms with Gasteiger partial charge in [-0.15, -0.1) is 0 Å². The summed E-state index contributed by atoms with van der Waals surface area (Å²) in [6, 6.07) is 0. The Balaban J connectivity index is 0.000001000. The summed E-state index contributed by atoms with van der Waals surface area (Å²) >= 11 is 0. The third-order valence-electron chi connectivity index (χ3n) is 3.49. The summed E-state index contributed by atoms with van der Waals surface area (Å²) in [5.41, 5.74) is 1.89. The van der Waals surface area contributed by atoms with E-state index in [1.54, 1.807) is 0 Å². The van der Waals surface area contributed by atoms with E-state index in [-0.39, 0.29) is 47.2 Å². The molecule has 0 bridgehead atoms. The van der Waals surface area contributed by atoms with E-state index in [1.165, 1.54) is 6.08 Å². The second kappa shape index (κ2) is 4.22. The van der Waals surface area contributed by atoms with Crippen LogP contribution in [0, 0.1) is 35.6 Å². The number of Topliss-reactive ketones (excluding diaryl/α,β-unsaturated/α-hetero) is 1. The van der Waals surface area contributed by atoms with E-state index in [0.717, 1.165) is 39.3 Å². The van der Waals surface area contributed by atoms with Gasteiger partial charge in [-0.2, -0.15) is 0 Å². The van der Waals surface area contributed by atoms with Crippen LogP contribution in [0.15, 0.2) is 23.2 Å². The number of nitrogens with zero attached hydrogens (tertiary/aromatic N) is 3. The van der Waals surface area contributed by atoms with Crippen LogP contribution in [0.1, 0.15) is 0 Å². The average molecular weight is 370 g/mol. The number of ketones is 2. The molecule has 0 aromatic carbocycles. The number of carbonyl (C=O) groups is 2. The van der Waals surface area contributed by atoms with Gasteiger partial charge in [0.15, 0.2) is 0 Å². The number of carbonyl (C=O) groups excluding carboxylic acids is 2. The molecule has 0 atom stereocenters. The van der Waals surface area contributed by atoms with Crippen LogP contribution in [-0.2, 0) is 9.59 Å². The Hall–Kier alpha value is -0.585. The van der Waals surface area contributed by atoms with E-state index in [9.17, 15) is 9.59 Å². The van der Waals surface area contributed by atoms with Gasteiger partial charge in [-0.1, -0.05) is 0 Å². The summed E-state index contributed by atoms with van der Waals surface area (Å²) in [7, 11) is 0. The quantitative estimate of drug-likeness (QED) is 0.480. The first-order valence-corrected chi connectivity index (χ1v) is 6.05. The van der Waals surface area contributed by atoms with Gasteiger partial charge in [0.05, 0.1) is 5.70 Å². The van der Waals surface area contributed by atoms with Gasteiger partial charge in [0.1, 0.15) is 11.4 Å². The van der Waals surface area contributed by atoms with Gasteiger partial charge in [0.25, 0.3) is 0 Å². The maximum absolute atomic E-state index is 12.4. The Morgan fingerprint density at radius 1 is 0.778 bits per heavy atom. The van der Waals surface area contributed by atoms with Crippen molar-refractivity contribution in [1.82, 2.24) is 14.7 Å². The van der Waals surface area contributed by atoms with Crippen LogP contribution in [0.3, 0.4) is 0 Å². The van der Waals surface area contributed by atoms with Crippen LogP contribution in [0.5, 0.6) is 0 Å². The minimum absolute atomic E-state index is 0. The number of hydrogen-bond acceptors (Lipinski definition) is 5. The molecule has 0 aromatic heterocycles. The van der Waals surface area contributed by atoms with Crippen molar-refractivity contribution in [2.45, 2.75) is 0 Å². The molecule has 91 valence electrons. The van der Waals surface area contributed by atoms with Gasteiger partial charge in [0.2, 0.25) is 11.6 Å². The third-order valence-corrected chi connectivity index (χ3v) is 3.49. The van der Waals surface area contributed by atoms with Gasteiger partial charge >= 0.3 is 0 Å². The first-order chi connectivity index (χ1) is 8.25. The van der Waals surface area contributed by atoms with Crippen molar-refractivity contribution in [1.29, 1.82) is 0 Å². The van der Waals surface area contributed by atoms with E-state index in [0.29, 0.717) is 17.1 Å². The van der Waals surface area contributed by atoms with E-state index in [4.69, 9.17) is 0 Å². The molecule has 4 aliphatic rings. The summed E-state index contributed by atoms with van der Waals surface area (Å²) < 4.78 is 0. The van der Waals surface area contributed by atoms with E-state index in [1.807, 2.05) is 14.7 Å². The van der Waals surface area contributed by atoms with Crippen molar-refractivity contribution in [3.05, 3.63) is 23.2 Å². The van der Waals surface area contributed by atoms with Gasteiger partial charge in [0, 0.05) is 80.9 Å². The van der Waals surface area contributed by atoms with E-state index < -0.39 is 0 Å². The summed E-state index contributed by atoms with van der Waals surface area (Å²) in [6.45, 7) is 5.41. The molecule has 3 saturated heterocycles. The molecule has 5 nitrogen and oxygen atoms in total. The maximum Gasteiger partial charge on any atom is 0.227 e. The van der Waals surface area contributed by atoms with Gasteiger partial charge in [-0.3, -0.25) is 9.59 Å². The predicted molar refractivity (Wildman–Crippen MR) is 59.8 cm³/mol. The van der Waals surface area contributed by atoms with Crippen LogP contribution in [-0.4, -0.2) is 65.5 Å². The standard InChI is InChI=1S/C12H13N3O2.La/c16-9-7-8(13-1-2-13)12(17)11(15-5-6-15)10(9)14-3-4-14;/h7H,1-6H2;. The topological polar surface area (TPSA) is 43.2 Å². The van der Waals surface area contributed by atoms with Crippen molar-refractivity contribution in [3.8, 4) is 0 Å². The Bertz CT molecular complexity index is 499. The molecule has 0 unspecified atom stereocenters. The summed E-state index contributed by atoms with van der Waals surface area (Å²) in [5.74, 6) is 0.0485. The molecule has 0 N–H and O–H groups in total. The normalized spacial score (nSPS) is 25.1. The Morgan fingerprint density at radius 2 is 1.28 bits per heavy atom. The molecule has 4 rings (SSSR count). The van der Waals surface area contributed by atoms with Crippen molar-refractivity contribution in [2.75, 3.05) is 39.3 Å². The fourth-order valence-electron chi connectivity index (χ4n) is 2.28. The zero-order valence-electron chi connectivity index (χ0n) is 10.1. The van der Waals surface area contributed by atoms with Gasteiger partial charge < -0.3 is 14.7 Å². The number of hydrogen-bond donors (Lipinski definition) is 0. The molecule has 18 heavy (non-hydrogen) atoms. The van der Waals surface area contributed by atoms with Crippen LogP contribution in [0.25, 0.3) is 0 Å². The molecule has 1 aliphatic carbocycles. The summed E-state index contributed by atoms with van der Waals surface area (Å²) in [5, 5.41) is 0. The molecule has 6 heteroatoms. The average Bonchev–Trinajstić information content (AvgIpc) is 3.13. The second-order valence-electron chi connectivity index (χ2n) is 4.88. The summed E-state index contributed by atoms with van der Waals surface area (Å²) in [4.78, 5) is 30.5. The molecule has 3 heterocycles. The molecule has 0 aromatic rings. The van der Waals surface area contributed by atoms with Crippen LogP contribution >= 0.6 is 0 Å². The number of allylic oxidation sites excluding steroid dienone is 1. The molecule has 3 aliphatic heterocycles. The second-order valence-corrected chi connectivity index (χ2v) is 4.88. The Kier molecular flexibility index (Phi) is 2.92. The first kappa shape index (κ1) is 12.4. The van der Waals surface area contributed by atoms with Crippen molar-refractivity contribution in [2.24, 2.45) is 0 Å². The summed E-state index contributed by atoms with van der Waals surface area (Å²) in [6.07, 6.45) is 1.52. The van der Waals surface area contributed by atoms with Gasteiger partial charge in [-0.05, 0) is 0 Å². The first-order valence-electron chi connectivity index (χ1n) is 6.05. The predicted octanol–water partition coefficient (Wildman–Crippen LogP) is -0.819.